The van der Waals surface area contributed by atoms with E-state index in [-0.39, 0.29) is 5.91 Å². The number of nitrogens with two attached hydrogens (primary N) is 1. The molecule has 1 amide bonds. The average Bonchev–Trinajstić information content (AvgIpc) is 3.27. The molecule has 1 saturated heterocycles. The van der Waals surface area contributed by atoms with Crippen molar-refractivity contribution < 1.29 is 13.9 Å². The molecule has 1 aliphatic heterocycles. The number of furan rings is 1. The van der Waals surface area contributed by atoms with E-state index in [1.54, 1.807) is 13.1 Å². The first-order chi connectivity index (χ1) is 15.7. The van der Waals surface area contributed by atoms with Gasteiger partial charge in [-0.25, -0.2) is 0 Å². The van der Waals surface area contributed by atoms with E-state index in [9.17, 15) is 4.79 Å². The summed E-state index contributed by atoms with van der Waals surface area (Å²) in [6.45, 7) is 4.92. The number of fused-ring (bicyclic) bond motifs is 1. The third-order valence-electron chi connectivity index (χ3n) is 5.94. The maximum atomic E-state index is 11.9. The number of ether oxygens (including phenoxy) is 1. The standard InChI is InChI=1S/C25H32N4O3/c1-27-25(30)24-14-20-12-18(3-5-23(20)32-24)19-2-4-22(31-11-8-26)21(13-19)16-29-15-17-6-9-28-10-7-17/h2-5,12-14,17,28-29H,6-11,15-16,26H2,1H3,(H,27,30). The van der Waals surface area contributed by atoms with Gasteiger partial charge < -0.3 is 30.8 Å². The van der Waals surface area contributed by atoms with E-state index in [2.05, 4.69) is 28.1 Å². The van der Waals surface area contributed by atoms with Gasteiger partial charge in [-0.05, 0) is 79.9 Å². The van der Waals surface area contributed by atoms with E-state index in [4.69, 9.17) is 14.9 Å². The highest BCUT2D eigenvalue weighted by atomic mass is 16.5. The summed E-state index contributed by atoms with van der Waals surface area (Å²) in [6.07, 6.45) is 2.43. The van der Waals surface area contributed by atoms with Crippen molar-refractivity contribution in [2.45, 2.75) is 19.4 Å². The summed E-state index contributed by atoms with van der Waals surface area (Å²) in [5, 5.41) is 10.5. The smallest absolute Gasteiger partial charge is 0.286 e. The second kappa shape index (κ2) is 10.6. The fourth-order valence-corrected chi connectivity index (χ4v) is 4.16. The molecule has 2 aromatic carbocycles. The van der Waals surface area contributed by atoms with Gasteiger partial charge in [0.15, 0.2) is 5.76 Å². The molecule has 0 unspecified atom stereocenters. The van der Waals surface area contributed by atoms with Crippen molar-refractivity contribution in [3.8, 4) is 16.9 Å². The molecule has 1 fully saturated rings. The van der Waals surface area contributed by atoms with Gasteiger partial charge in [0.25, 0.3) is 5.91 Å². The Morgan fingerprint density at radius 2 is 1.94 bits per heavy atom. The van der Waals surface area contributed by atoms with Gasteiger partial charge in [0, 0.05) is 31.1 Å². The minimum absolute atomic E-state index is 0.230. The van der Waals surface area contributed by atoms with Crippen molar-refractivity contribution in [2.75, 3.05) is 39.8 Å². The normalized spacial score (nSPS) is 14.6. The van der Waals surface area contributed by atoms with Crippen LogP contribution in [0.15, 0.2) is 46.9 Å². The van der Waals surface area contributed by atoms with Gasteiger partial charge in [0.1, 0.15) is 17.9 Å². The molecular formula is C25H32N4O3. The van der Waals surface area contributed by atoms with Crippen molar-refractivity contribution >= 4 is 16.9 Å². The lowest BCUT2D eigenvalue weighted by atomic mass is 9.98. The largest absolute Gasteiger partial charge is 0.492 e. The highest BCUT2D eigenvalue weighted by Crippen LogP contribution is 2.30. The first-order valence-electron chi connectivity index (χ1n) is 11.3. The number of carbonyl (C=O) groups is 1. The molecule has 170 valence electrons. The van der Waals surface area contributed by atoms with Gasteiger partial charge in [0.05, 0.1) is 0 Å². The summed E-state index contributed by atoms with van der Waals surface area (Å²) in [6, 6.07) is 14.0. The molecule has 1 aromatic heterocycles. The molecule has 7 nitrogen and oxygen atoms in total. The number of rotatable bonds is 9. The van der Waals surface area contributed by atoms with E-state index in [1.807, 2.05) is 24.3 Å². The van der Waals surface area contributed by atoms with E-state index in [1.165, 1.54) is 12.8 Å². The summed E-state index contributed by atoms with van der Waals surface area (Å²) in [7, 11) is 1.59. The Balaban J connectivity index is 1.54. The summed E-state index contributed by atoms with van der Waals surface area (Å²) in [4.78, 5) is 11.9. The summed E-state index contributed by atoms with van der Waals surface area (Å²) < 4.78 is 11.5. The Morgan fingerprint density at radius 1 is 1.16 bits per heavy atom. The van der Waals surface area contributed by atoms with Gasteiger partial charge in [-0.15, -0.1) is 0 Å². The fraction of sp³-hybridized carbons (Fsp3) is 0.400. The number of hydrogen-bond donors (Lipinski definition) is 4. The van der Waals surface area contributed by atoms with E-state index < -0.39 is 0 Å². The van der Waals surface area contributed by atoms with Gasteiger partial charge in [-0.2, -0.15) is 0 Å². The predicted molar refractivity (Wildman–Crippen MR) is 127 cm³/mol. The Hall–Kier alpha value is -2.87. The van der Waals surface area contributed by atoms with Crippen LogP contribution in [-0.4, -0.2) is 45.7 Å². The van der Waals surface area contributed by atoms with Crippen LogP contribution >= 0.6 is 0 Å². The minimum Gasteiger partial charge on any atom is -0.492 e. The molecule has 4 rings (SSSR count). The van der Waals surface area contributed by atoms with Crippen molar-refractivity contribution in [1.82, 2.24) is 16.0 Å². The molecule has 32 heavy (non-hydrogen) atoms. The molecule has 1 aliphatic rings. The van der Waals surface area contributed by atoms with Crippen LogP contribution in [0.2, 0.25) is 0 Å². The maximum absolute atomic E-state index is 11.9. The maximum Gasteiger partial charge on any atom is 0.286 e. The molecule has 3 aromatic rings. The molecule has 0 spiro atoms. The Morgan fingerprint density at radius 3 is 2.72 bits per heavy atom. The van der Waals surface area contributed by atoms with Gasteiger partial charge >= 0.3 is 0 Å². The van der Waals surface area contributed by atoms with Crippen LogP contribution in [0.4, 0.5) is 0 Å². The zero-order valence-corrected chi connectivity index (χ0v) is 18.6. The molecule has 0 aliphatic carbocycles. The number of hydrogen-bond acceptors (Lipinski definition) is 6. The summed E-state index contributed by atoms with van der Waals surface area (Å²) in [5.41, 5.74) is 9.61. The lowest BCUT2D eigenvalue weighted by molar-refractivity contribution is 0.0938. The molecule has 0 bridgehead atoms. The van der Waals surface area contributed by atoms with Crippen LogP contribution in [0.25, 0.3) is 22.1 Å². The summed E-state index contributed by atoms with van der Waals surface area (Å²) >= 11 is 0. The molecule has 7 heteroatoms. The average molecular weight is 437 g/mol. The number of carbonyl (C=O) groups excluding carboxylic acids is 1. The van der Waals surface area contributed by atoms with Crippen LogP contribution in [0, 0.1) is 5.92 Å². The number of amides is 1. The topological polar surface area (TPSA) is 102 Å². The van der Waals surface area contributed by atoms with Crippen LogP contribution in [0.3, 0.4) is 0 Å². The van der Waals surface area contributed by atoms with E-state index >= 15 is 0 Å². The molecular weight excluding hydrogens is 404 g/mol. The minimum atomic E-state index is -0.230. The van der Waals surface area contributed by atoms with Gasteiger partial charge in [0.2, 0.25) is 0 Å². The molecule has 0 radical (unpaired) electrons. The van der Waals surface area contributed by atoms with Gasteiger partial charge in [-0.3, -0.25) is 4.79 Å². The zero-order valence-electron chi connectivity index (χ0n) is 18.6. The van der Waals surface area contributed by atoms with Crippen molar-refractivity contribution in [3.05, 3.63) is 53.8 Å². The molecule has 2 heterocycles. The monoisotopic (exact) mass is 436 g/mol. The Kier molecular flexibility index (Phi) is 7.42. The van der Waals surface area contributed by atoms with Gasteiger partial charge in [-0.1, -0.05) is 12.1 Å². The van der Waals surface area contributed by atoms with E-state index in [0.717, 1.165) is 54.0 Å². The second-order valence-electron chi connectivity index (χ2n) is 8.23. The van der Waals surface area contributed by atoms with Crippen LogP contribution in [0.5, 0.6) is 5.75 Å². The second-order valence-corrected chi connectivity index (χ2v) is 8.23. The van der Waals surface area contributed by atoms with Crippen molar-refractivity contribution in [2.24, 2.45) is 11.7 Å². The molecule has 5 N–H and O–H groups in total. The highest BCUT2D eigenvalue weighted by molar-refractivity contribution is 5.96. The SMILES string of the molecule is CNC(=O)c1cc2cc(-c3ccc(OCCN)c(CNCC4CCNCC4)c3)ccc2o1. The predicted octanol–water partition coefficient (Wildman–Crippen LogP) is 2.89. The molecule has 0 saturated carbocycles. The first-order valence-corrected chi connectivity index (χ1v) is 11.3. The van der Waals surface area contributed by atoms with E-state index in [0.29, 0.717) is 30.4 Å². The third-order valence-corrected chi connectivity index (χ3v) is 5.94. The Bertz CT molecular complexity index is 1060. The number of nitrogens with one attached hydrogen (secondary N) is 3. The molecule has 0 atom stereocenters. The fourth-order valence-electron chi connectivity index (χ4n) is 4.16. The van der Waals surface area contributed by atoms with Crippen LogP contribution in [0.1, 0.15) is 29.0 Å². The number of benzene rings is 2. The quantitative estimate of drug-likeness (QED) is 0.411. The zero-order chi connectivity index (χ0) is 22.3. The lowest BCUT2D eigenvalue weighted by Crippen LogP contribution is -2.33. The third kappa shape index (κ3) is 5.30. The lowest BCUT2D eigenvalue weighted by Gasteiger charge is -2.23. The first kappa shape index (κ1) is 22.3. The van der Waals surface area contributed by atoms with Crippen molar-refractivity contribution in [1.29, 1.82) is 0 Å². The highest BCUT2D eigenvalue weighted by Gasteiger charge is 2.14. The van der Waals surface area contributed by atoms with Crippen LogP contribution < -0.4 is 26.4 Å². The van der Waals surface area contributed by atoms with Crippen molar-refractivity contribution in [3.63, 3.8) is 0 Å². The summed E-state index contributed by atoms with van der Waals surface area (Å²) in [5.74, 6) is 1.66. The van der Waals surface area contributed by atoms with Crippen LogP contribution in [-0.2, 0) is 6.54 Å². The number of piperidine rings is 1. The Labute approximate surface area is 188 Å².